The number of hydrogen-bond acceptors (Lipinski definition) is 2. The molecule has 0 saturated carbocycles. The van der Waals surface area contributed by atoms with Crippen molar-refractivity contribution in [1.29, 1.82) is 0 Å². The minimum absolute atomic E-state index is 0.267. The first-order chi connectivity index (χ1) is 8.63. The molecular weight excluding hydrogens is 410 g/mol. The van der Waals surface area contributed by atoms with Crippen LogP contribution in [-0.2, 0) is 0 Å². The van der Waals surface area contributed by atoms with E-state index in [2.05, 4.69) is 43.9 Å². The Labute approximate surface area is 127 Å². The van der Waals surface area contributed by atoms with Gasteiger partial charge < -0.3 is 0 Å². The van der Waals surface area contributed by atoms with E-state index in [-0.39, 0.29) is 11.9 Å². The molecule has 0 bridgehead atoms. The maximum atomic E-state index is 13.8. The van der Waals surface area contributed by atoms with E-state index < -0.39 is 0 Å². The zero-order valence-electron chi connectivity index (χ0n) is 9.33. The maximum Gasteiger partial charge on any atom is 0.128 e. The van der Waals surface area contributed by atoms with Crippen LogP contribution in [0.5, 0.6) is 0 Å². The van der Waals surface area contributed by atoms with Crippen LogP contribution in [0.4, 0.5) is 4.39 Å². The number of halogens is 3. The van der Waals surface area contributed by atoms with Gasteiger partial charge in [-0.15, -0.1) is 0 Å². The number of rotatable bonds is 3. The van der Waals surface area contributed by atoms with Gasteiger partial charge in [-0.25, -0.2) is 9.82 Å². The lowest BCUT2D eigenvalue weighted by Crippen LogP contribution is -2.30. The molecular formula is C13H11BrFIN2. The van der Waals surface area contributed by atoms with Crippen molar-refractivity contribution in [2.24, 2.45) is 5.84 Å². The second kappa shape index (κ2) is 6.10. The third-order valence-corrected chi connectivity index (χ3v) is 4.13. The van der Waals surface area contributed by atoms with E-state index in [1.165, 1.54) is 6.07 Å². The average Bonchev–Trinajstić information content (AvgIpc) is 2.36. The Morgan fingerprint density at radius 3 is 2.56 bits per heavy atom. The van der Waals surface area contributed by atoms with Gasteiger partial charge >= 0.3 is 0 Å². The van der Waals surface area contributed by atoms with E-state index in [4.69, 9.17) is 5.84 Å². The molecule has 18 heavy (non-hydrogen) atoms. The Kier molecular flexibility index (Phi) is 4.71. The fourth-order valence-electron chi connectivity index (χ4n) is 1.79. The number of hydrogen-bond donors (Lipinski definition) is 2. The van der Waals surface area contributed by atoms with Crippen LogP contribution in [0.1, 0.15) is 17.2 Å². The zero-order valence-corrected chi connectivity index (χ0v) is 13.1. The molecule has 0 aromatic heterocycles. The highest BCUT2D eigenvalue weighted by Crippen LogP contribution is 2.29. The summed E-state index contributed by atoms with van der Waals surface area (Å²) in [6.07, 6.45) is 0. The van der Waals surface area contributed by atoms with Crippen molar-refractivity contribution in [3.05, 3.63) is 67.5 Å². The Morgan fingerprint density at radius 1 is 1.17 bits per heavy atom. The second-order valence-corrected chi connectivity index (χ2v) is 5.86. The third-order valence-electron chi connectivity index (χ3n) is 2.65. The van der Waals surface area contributed by atoms with Gasteiger partial charge in [-0.3, -0.25) is 5.84 Å². The molecule has 5 heteroatoms. The van der Waals surface area contributed by atoms with Gasteiger partial charge in [-0.05, 0) is 52.4 Å². The summed E-state index contributed by atoms with van der Waals surface area (Å²) in [6.45, 7) is 0. The summed E-state index contributed by atoms with van der Waals surface area (Å²) in [4.78, 5) is 0. The van der Waals surface area contributed by atoms with E-state index >= 15 is 0 Å². The molecule has 94 valence electrons. The van der Waals surface area contributed by atoms with E-state index in [0.717, 1.165) is 13.6 Å². The average molecular weight is 421 g/mol. The van der Waals surface area contributed by atoms with Crippen molar-refractivity contribution in [1.82, 2.24) is 5.43 Å². The van der Waals surface area contributed by atoms with Crippen LogP contribution in [-0.4, -0.2) is 0 Å². The topological polar surface area (TPSA) is 38.0 Å². The molecule has 0 spiro atoms. The minimum atomic E-state index is -0.365. The molecule has 0 amide bonds. The molecule has 2 aromatic rings. The summed E-state index contributed by atoms with van der Waals surface area (Å²) >= 11 is 5.63. The summed E-state index contributed by atoms with van der Waals surface area (Å²) < 4.78 is 15.8. The second-order valence-electron chi connectivity index (χ2n) is 3.79. The lowest BCUT2D eigenvalue weighted by Gasteiger charge is -2.19. The molecule has 2 rings (SSSR count). The summed E-state index contributed by atoms with van der Waals surface area (Å²) in [5, 5.41) is 0. The Hall–Kier alpha value is -0.500. The number of nitrogens with one attached hydrogen (secondary N) is 1. The van der Waals surface area contributed by atoms with Crippen LogP contribution < -0.4 is 11.3 Å². The molecule has 2 nitrogen and oxygen atoms in total. The molecule has 0 aliphatic carbocycles. The van der Waals surface area contributed by atoms with Crippen LogP contribution in [0, 0.1) is 9.39 Å². The molecule has 0 heterocycles. The molecule has 0 aliphatic heterocycles. The number of nitrogens with two attached hydrogens (primary N) is 1. The first-order valence-corrected chi connectivity index (χ1v) is 7.16. The molecule has 0 radical (unpaired) electrons. The van der Waals surface area contributed by atoms with Gasteiger partial charge in [0.25, 0.3) is 0 Å². The predicted molar refractivity (Wildman–Crippen MR) is 82.4 cm³/mol. The lowest BCUT2D eigenvalue weighted by atomic mass is 9.99. The third kappa shape index (κ3) is 2.90. The quantitative estimate of drug-likeness (QED) is 0.451. The van der Waals surface area contributed by atoms with Crippen molar-refractivity contribution in [2.75, 3.05) is 0 Å². The maximum absolute atomic E-state index is 13.8. The van der Waals surface area contributed by atoms with E-state index in [9.17, 15) is 4.39 Å². The van der Waals surface area contributed by atoms with Gasteiger partial charge in [0.05, 0.1) is 6.04 Å². The molecule has 1 unspecified atom stereocenters. The highest BCUT2D eigenvalue weighted by Gasteiger charge is 2.18. The van der Waals surface area contributed by atoms with Gasteiger partial charge in [-0.2, -0.15) is 0 Å². The fourth-order valence-corrected chi connectivity index (χ4v) is 2.82. The highest BCUT2D eigenvalue weighted by molar-refractivity contribution is 14.1. The molecule has 2 aromatic carbocycles. The normalized spacial score (nSPS) is 12.4. The van der Waals surface area contributed by atoms with E-state index in [1.54, 1.807) is 18.2 Å². The van der Waals surface area contributed by atoms with Gasteiger partial charge in [0, 0.05) is 13.6 Å². The molecule has 0 fully saturated rings. The summed E-state index contributed by atoms with van der Waals surface area (Å²) in [5.41, 5.74) is 4.16. The lowest BCUT2D eigenvalue weighted by molar-refractivity contribution is 0.559. The first kappa shape index (κ1) is 13.9. The Morgan fingerprint density at radius 2 is 1.89 bits per heavy atom. The van der Waals surface area contributed by atoms with Crippen LogP contribution in [0.2, 0.25) is 0 Å². The first-order valence-electron chi connectivity index (χ1n) is 5.29. The standard InChI is InChI=1S/C13H11BrFIN2/c14-8-5-6-12(16)10(7-8)13(18-17)9-3-1-2-4-11(9)15/h1-7,13,18H,17H2. The number of benzene rings is 2. The summed E-state index contributed by atoms with van der Waals surface area (Å²) in [6, 6.07) is 12.1. The van der Waals surface area contributed by atoms with Crippen molar-refractivity contribution in [2.45, 2.75) is 6.04 Å². The number of hydrazine groups is 1. The zero-order chi connectivity index (χ0) is 13.1. The summed E-state index contributed by atoms with van der Waals surface area (Å²) in [7, 11) is 0. The molecule has 3 N–H and O–H groups in total. The smallest absolute Gasteiger partial charge is 0.128 e. The van der Waals surface area contributed by atoms with Crippen molar-refractivity contribution in [3.8, 4) is 0 Å². The summed E-state index contributed by atoms with van der Waals surface area (Å²) in [5.74, 6) is 5.32. The van der Waals surface area contributed by atoms with Crippen LogP contribution in [0.3, 0.4) is 0 Å². The van der Waals surface area contributed by atoms with Crippen molar-refractivity contribution < 1.29 is 4.39 Å². The Balaban J connectivity index is 2.52. The van der Waals surface area contributed by atoms with Gasteiger partial charge in [0.2, 0.25) is 0 Å². The molecule has 1 atom stereocenters. The Bertz CT molecular complexity index is 562. The van der Waals surface area contributed by atoms with E-state index in [1.807, 2.05) is 18.2 Å². The SMILES string of the molecule is NNC(c1ccccc1F)c1cc(Br)ccc1I. The van der Waals surface area contributed by atoms with Crippen LogP contribution in [0.15, 0.2) is 46.9 Å². The van der Waals surface area contributed by atoms with Gasteiger partial charge in [0.15, 0.2) is 0 Å². The molecule has 0 aliphatic rings. The predicted octanol–water partition coefficient (Wildman–Crippen LogP) is 3.75. The highest BCUT2D eigenvalue weighted by atomic mass is 127. The monoisotopic (exact) mass is 420 g/mol. The van der Waals surface area contributed by atoms with Crippen molar-refractivity contribution in [3.63, 3.8) is 0 Å². The fraction of sp³-hybridized carbons (Fsp3) is 0.0769. The van der Waals surface area contributed by atoms with Crippen molar-refractivity contribution >= 4 is 38.5 Å². The van der Waals surface area contributed by atoms with Gasteiger partial charge in [-0.1, -0.05) is 34.1 Å². The van der Waals surface area contributed by atoms with Crippen LogP contribution >= 0.6 is 38.5 Å². The molecule has 0 saturated heterocycles. The van der Waals surface area contributed by atoms with E-state index in [0.29, 0.717) is 5.56 Å². The minimum Gasteiger partial charge on any atom is -0.271 e. The van der Waals surface area contributed by atoms with Gasteiger partial charge in [0.1, 0.15) is 5.82 Å². The van der Waals surface area contributed by atoms with Crippen LogP contribution in [0.25, 0.3) is 0 Å². The largest absolute Gasteiger partial charge is 0.271 e.